The molecular weight excluding hydrogens is 679 g/mol. The first kappa shape index (κ1) is 33.2. The second kappa shape index (κ2) is 14.1. The summed E-state index contributed by atoms with van der Waals surface area (Å²) in [5.41, 5.74) is 14.0. The lowest BCUT2D eigenvalue weighted by molar-refractivity contribution is 1.18. The van der Waals surface area contributed by atoms with Crippen LogP contribution in [0.15, 0.2) is 218 Å². The maximum absolute atomic E-state index is 2.44. The van der Waals surface area contributed by atoms with Gasteiger partial charge in [0, 0.05) is 57.3 Å². The minimum atomic E-state index is 1.10. The van der Waals surface area contributed by atoms with Gasteiger partial charge in [-0.2, -0.15) is 0 Å². The number of hydrogen-bond acceptors (Lipinski definition) is 2. The van der Waals surface area contributed by atoms with Gasteiger partial charge < -0.3 is 14.4 Å². The molecule has 0 atom stereocenters. The van der Waals surface area contributed by atoms with E-state index in [1.165, 1.54) is 60.5 Å². The Bertz CT molecular complexity index is 2930. The molecule has 1 heterocycles. The molecular formula is C53H39N3. The predicted octanol–water partition coefficient (Wildman–Crippen LogP) is 14.5. The molecule has 0 saturated carbocycles. The van der Waals surface area contributed by atoms with Crippen LogP contribution in [-0.2, 0) is 0 Å². The molecule has 10 aromatic rings. The van der Waals surface area contributed by atoms with Gasteiger partial charge in [0.05, 0.1) is 11.0 Å². The molecule has 3 nitrogen and oxygen atoms in total. The summed E-state index contributed by atoms with van der Waals surface area (Å²) in [6.45, 7) is 0. The van der Waals surface area contributed by atoms with Crippen LogP contribution < -0.4 is 9.80 Å². The highest BCUT2D eigenvalue weighted by atomic mass is 15.1. The monoisotopic (exact) mass is 717 g/mol. The molecule has 0 spiro atoms. The number of anilines is 5. The molecule has 9 aromatic carbocycles. The van der Waals surface area contributed by atoms with Crippen molar-refractivity contribution < 1.29 is 0 Å². The Kier molecular flexibility index (Phi) is 8.38. The molecule has 0 aliphatic carbocycles. The molecule has 10 rings (SSSR count). The number of para-hydroxylation sites is 2. The molecule has 0 aliphatic rings. The zero-order valence-electron chi connectivity index (χ0n) is 31.1. The van der Waals surface area contributed by atoms with E-state index in [4.69, 9.17) is 0 Å². The third-order valence-electron chi connectivity index (χ3n) is 11.0. The summed E-state index contributed by atoms with van der Waals surface area (Å²) in [6.07, 6.45) is 0. The fraction of sp³-hybridized carbons (Fsp3) is 0.0189. The molecule has 56 heavy (non-hydrogen) atoms. The normalized spacial score (nSPS) is 11.3. The van der Waals surface area contributed by atoms with Crippen molar-refractivity contribution in [2.45, 2.75) is 0 Å². The Labute approximate surface area is 327 Å². The van der Waals surface area contributed by atoms with Crippen LogP contribution >= 0.6 is 0 Å². The van der Waals surface area contributed by atoms with E-state index < -0.39 is 0 Å². The zero-order valence-corrected chi connectivity index (χ0v) is 31.1. The fourth-order valence-corrected chi connectivity index (χ4v) is 8.11. The van der Waals surface area contributed by atoms with Crippen LogP contribution in [0.3, 0.4) is 0 Å². The maximum atomic E-state index is 2.44. The van der Waals surface area contributed by atoms with Crippen LogP contribution in [0.25, 0.3) is 60.5 Å². The molecule has 1 aromatic heterocycles. The van der Waals surface area contributed by atoms with Crippen LogP contribution in [0.2, 0.25) is 0 Å². The first-order chi connectivity index (χ1) is 27.7. The molecule has 0 unspecified atom stereocenters. The van der Waals surface area contributed by atoms with Crippen molar-refractivity contribution in [3.8, 4) is 27.9 Å². The van der Waals surface area contributed by atoms with Crippen molar-refractivity contribution in [3.63, 3.8) is 0 Å². The van der Waals surface area contributed by atoms with Gasteiger partial charge in [-0.1, -0.05) is 140 Å². The molecule has 3 heteroatoms. The summed E-state index contributed by atoms with van der Waals surface area (Å²) in [6, 6.07) is 78.7. The fourth-order valence-electron chi connectivity index (χ4n) is 8.11. The standard InChI is InChI=1S/C53H39N3/c1-54(43-16-7-3-8-17-43)44-28-21-40(22-29-44)41-23-30-46(31-24-41)55(45-18-9-4-10-19-45)48-34-36-52-51(37-48)50-35-27-42-15-11-12-20-49(42)53(50)56(52)47-32-25-39(26-33-47)38-13-5-2-6-14-38/h2-37H,1H3. The number of aromatic nitrogens is 1. The third-order valence-corrected chi connectivity index (χ3v) is 11.0. The first-order valence-corrected chi connectivity index (χ1v) is 19.2. The van der Waals surface area contributed by atoms with Crippen molar-refractivity contribution in [2.24, 2.45) is 0 Å². The van der Waals surface area contributed by atoms with Gasteiger partial charge in [0.15, 0.2) is 0 Å². The summed E-state index contributed by atoms with van der Waals surface area (Å²) in [5.74, 6) is 0. The van der Waals surface area contributed by atoms with Gasteiger partial charge in [0.25, 0.3) is 0 Å². The van der Waals surface area contributed by atoms with Gasteiger partial charge in [-0.15, -0.1) is 0 Å². The lowest BCUT2D eigenvalue weighted by Crippen LogP contribution is -2.09. The van der Waals surface area contributed by atoms with Crippen molar-refractivity contribution in [1.82, 2.24) is 4.57 Å². The second-order valence-electron chi connectivity index (χ2n) is 14.3. The van der Waals surface area contributed by atoms with Gasteiger partial charge in [-0.3, -0.25) is 0 Å². The largest absolute Gasteiger partial charge is 0.345 e. The van der Waals surface area contributed by atoms with E-state index in [9.17, 15) is 0 Å². The van der Waals surface area contributed by atoms with E-state index in [-0.39, 0.29) is 0 Å². The van der Waals surface area contributed by atoms with Gasteiger partial charge in [-0.05, 0) is 107 Å². The van der Waals surface area contributed by atoms with E-state index >= 15 is 0 Å². The highest BCUT2D eigenvalue weighted by molar-refractivity contribution is 6.19. The van der Waals surface area contributed by atoms with Crippen molar-refractivity contribution in [2.75, 3.05) is 16.8 Å². The smallest absolute Gasteiger partial charge is 0.0619 e. The molecule has 0 N–H and O–H groups in total. The highest BCUT2D eigenvalue weighted by Gasteiger charge is 2.19. The molecule has 0 bridgehead atoms. The van der Waals surface area contributed by atoms with Gasteiger partial charge >= 0.3 is 0 Å². The van der Waals surface area contributed by atoms with Crippen molar-refractivity contribution in [3.05, 3.63) is 218 Å². The number of fused-ring (bicyclic) bond motifs is 5. The number of rotatable bonds is 8. The Balaban J connectivity index is 1.06. The van der Waals surface area contributed by atoms with Crippen LogP contribution in [0.5, 0.6) is 0 Å². The zero-order chi connectivity index (χ0) is 37.4. The Morgan fingerprint density at radius 3 is 1.48 bits per heavy atom. The van der Waals surface area contributed by atoms with Crippen molar-refractivity contribution >= 4 is 61.0 Å². The summed E-state index contributed by atoms with van der Waals surface area (Å²) >= 11 is 0. The second-order valence-corrected chi connectivity index (χ2v) is 14.3. The molecule has 0 fully saturated rings. The SMILES string of the molecule is CN(c1ccccc1)c1ccc(-c2ccc(N(c3ccccc3)c3ccc4c(c3)c3ccc5ccccc5c3n4-c3ccc(-c4ccccc4)cc3)cc2)cc1. The van der Waals surface area contributed by atoms with Crippen LogP contribution in [0.1, 0.15) is 0 Å². The van der Waals surface area contributed by atoms with Crippen LogP contribution in [0, 0.1) is 0 Å². The first-order valence-electron chi connectivity index (χ1n) is 19.2. The maximum Gasteiger partial charge on any atom is 0.0619 e. The number of hydrogen-bond donors (Lipinski definition) is 0. The van der Waals surface area contributed by atoms with Crippen LogP contribution in [-0.4, -0.2) is 11.6 Å². The predicted molar refractivity (Wildman–Crippen MR) is 238 cm³/mol. The minimum absolute atomic E-state index is 1.10. The lowest BCUT2D eigenvalue weighted by atomic mass is 10.0. The molecule has 0 aliphatic heterocycles. The Morgan fingerprint density at radius 1 is 0.339 bits per heavy atom. The van der Waals surface area contributed by atoms with E-state index in [0.717, 1.165) is 28.4 Å². The number of nitrogens with zero attached hydrogens (tertiary/aromatic N) is 3. The lowest BCUT2D eigenvalue weighted by Gasteiger charge is -2.26. The molecule has 266 valence electrons. The van der Waals surface area contributed by atoms with Gasteiger partial charge in [0.1, 0.15) is 0 Å². The van der Waals surface area contributed by atoms with Crippen molar-refractivity contribution in [1.29, 1.82) is 0 Å². The van der Waals surface area contributed by atoms with Gasteiger partial charge in [0.2, 0.25) is 0 Å². The van der Waals surface area contributed by atoms with Crippen LogP contribution in [0.4, 0.5) is 28.4 Å². The highest BCUT2D eigenvalue weighted by Crippen LogP contribution is 2.42. The Hall–Kier alpha value is -7.36. The van der Waals surface area contributed by atoms with E-state index in [0.29, 0.717) is 0 Å². The minimum Gasteiger partial charge on any atom is -0.345 e. The topological polar surface area (TPSA) is 11.4 Å². The summed E-state index contributed by atoms with van der Waals surface area (Å²) in [4.78, 5) is 4.57. The Morgan fingerprint density at radius 2 is 0.821 bits per heavy atom. The van der Waals surface area contributed by atoms with E-state index in [1.807, 2.05) is 0 Å². The molecule has 0 amide bonds. The summed E-state index contributed by atoms with van der Waals surface area (Å²) < 4.78 is 2.44. The van der Waals surface area contributed by atoms with E-state index in [1.54, 1.807) is 0 Å². The molecule has 0 saturated heterocycles. The third kappa shape index (κ3) is 5.96. The average molecular weight is 718 g/mol. The summed E-state index contributed by atoms with van der Waals surface area (Å²) in [5, 5.41) is 4.92. The quantitative estimate of drug-likeness (QED) is 0.155. The number of benzene rings is 9. The summed E-state index contributed by atoms with van der Waals surface area (Å²) in [7, 11) is 2.11. The average Bonchev–Trinajstić information content (AvgIpc) is 3.62. The van der Waals surface area contributed by atoms with Gasteiger partial charge in [-0.25, -0.2) is 0 Å². The van der Waals surface area contributed by atoms with E-state index in [2.05, 4.69) is 240 Å². The molecule has 0 radical (unpaired) electrons.